The Bertz CT molecular complexity index is 1400. The summed E-state index contributed by atoms with van der Waals surface area (Å²) in [7, 11) is 1.56. The third kappa shape index (κ3) is 5.89. The molecule has 1 amide bonds. The minimum absolute atomic E-state index is 0.0818. The minimum Gasteiger partial charge on any atom is -0.495 e. The maximum Gasteiger partial charge on any atom is 0.272 e. The Morgan fingerprint density at radius 3 is 2.58 bits per heavy atom. The number of methoxy groups -OCH3 is 1. The Morgan fingerprint density at radius 2 is 1.83 bits per heavy atom. The molecule has 1 N–H and O–H groups in total. The molecule has 4 aromatic rings. The summed E-state index contributed by atoms with van der Waals surface area (Å²) in [6.45, 7) is 5.20. The second-order valence-electron chi connectivity index (χ2n) is 7.79. The highest BCUT2D eigenvalue weighted by Gasteiger charge is 2.19. The zero-order valence-electron chi connectivity index (χ0n) is 20.5. The molecule has 0 atom stereocenters. The molecule has 2 aromatic heterocycles. The molecule has 0 unspecified atom stereocenters. The fraction of sp³-hybridized carbons (Fsp3) is 0.346. The maximum absolute atomic E-state index is 13.6. The van der Waals surface area contributed by atoms with Crippen LogP contribution in [0.3, 0.4) is 0 Å². The molecule has 0 spiro atoms. The Hall–Kier alpha value is -2.92. The van der Waals surface area contributed by atoms with Crippen molar-refractivity contribution in [3.63, 3.8) is 0 Å². The van der Waals surface area contributed by atoms with Crippen molar-refractivity contribution in [3.05, 3.63) is 58.9 Å². The van der Waals surface area contributed by atoms with Gasteiger partial charge in [-0.1, -0.05) is 42.1 Å². The fourth-order valence-electron chi connectivity index (χ4n) is 3.85. The number of thioether (sulfide) groups is 1. The number of nitrogens with zero attached hydrogens (tertiary/aromatic N) is 2. The van der Waals surface area contributed by atoms with Gasteiger partial charge in [0.15, 0.2) is 11.4 Å². The first-order chi connectivity index (χ1) is 17.5. The van der Waals surface area contributed by atoms with E-state index in [4.69, 9.17) is 19.2 Å². The van der Waals surface area contributed by atoms with Crippen molar-refractivity contribution < 1.29 is 19.0 Å². The first-order valence-electron chi connectivity index (χ1n) is 11.8. The number of ether oxygens (including phenoxy) is 3. The third-order valence-corrected chi connectivity index (χ3v) is 7.58. The molecule has 10 heteroatoms. The minimum atomic E-state index is -0.420. The molecule has 0 aliphatic rings. The van der Waals surface area contributed by atoms with E-state index < -0.39 is 6.29 Å². The van der Waals surface area contributed by atoms with Gasteiger partial charge in [-0.2, -0.15) is 0 Å². The molecule has 0 saturated carbocycles. The molecule has 36 heavy (non-hydrogen) atoms. The van der Waals surface area contributed by atoms with E-state index in [1.165, 1.54) is 23.1 Å². The van der Waals surface area contributed by atoms with E-state index in [1.54, 1.807) is 23.8 Å². The van der Waals surface area contributed by atoms with Gasteiger partial charge in [-0.05, 0) is 32.0 Å². The summed E-state index contributed by atoms with van der Waals surface area (Å²) in [5, 5.41) is 4.29. The average Bonchev–Trinajstić information content (AvgIpc) is 3.26. The van der Waals surface area contributed by atoms with Crippen molar-refractivity contribution in [2.45, 2.75) is 38.3 Å². The number of nitrogens with one attached hydrogen (secondary N) is 1. The third-order valence-electron chi connectivity index (χ3n) is 5.45. The van der Waals surface area contributed by atoms with Gasteiger partial charge in [0.05, 0.1) is 24.1 Å². The smallest absolute Gasteiger partial charge is 0.272 e. The average molecular weight is 528 g/mol. The van der Waals surface area contributed by atoms with E-state index in [0.29, 0.717) is 53.0 Å². The number of thiophene rings is 1. The van der Waals surface area contributed by atoms with Crippen LogP contribution in [0.25, 0.3) is 20.3 Å². The number of carbonyl (C=O) groups is 1. The Balaban J connectivity index is 1.63. The molecular formula is C26H29N3O5S2. The summed E-state index contributed by atoms with van der Waals surface area (Å²) in [6.07, 6.45) is 0.0670. The van der Waals surface area contributed by atoms with Crippen LogP contribution in [-0.2, 0) is 20.8 Å². The number of hydrogen-bond acceptors (Lipinski definition) is 8. The summed E-state index contributed by atoms with van der Waals surface area (Å²) in [4.78, 5) is 31.2. The van der Waals surface area contributed by atoms with Crippen molar-refractivity contribution in [1.29, 1.82) is 0 Å². The molecule has 0 saturated heterocycles. The lowest BCUT2D eigenvalue weighted by Gasteiger charge is -2.18. The van der Waals surface area contributed by atoms with Gasteiger partial charge < -0.3 is 19.5 Å². The number of para-hydroxylation sites is 2. The van der Waals surface area contributed by atoms with Crippen molar-refractivity contribution in [3.8, 4) is 5.75 Å². The van der Waals surface area contributed by atoms with E-state index >= 15 is 0 Å². The van der Waals surface area contributed by atoms with Gasteiger partial charge in [-0.15, -0.1) is 11.3 Å². The van der Waals surface area contributed by atoms with Crippen LogP contribution in [0.15, 0.2) is 58.5 Å². The van der Waals surface area contributed by atoms with Gasteiger partial charge in [0.1, 0.15) is 10.4 Å². The molecule has 2 heterocycles. The van der Waals surface area contributed by atoms with Gasteiger partial charge in [0.2, 0.25) is 5.91 Å². The largest absolute Gasteiger partial charge is 0.495 e. The normalized spacial score (nSPS) is 11.4. The fourth-order valence-corrected chi connectivity index (χ4v) is 5.76. The SMILES string of the molecule is CCOC(CCn1c(SCC(=O)Nc2ccccc2OC)nc2c(sc3ccccc32)c1=O)OCC. The molecule has 190 valence electrons. The number of hydrogen-bond donors (Lipinski definition) is 1. The lowest BCUT2D eigenvalue weighted by molar-refractivity contribution is -0.141. The van der Waals surface area contributed by atoms with Gasteiger partial charge >= 0.3 is 0 Å². The number of anilines is 1. The zero-order chi connectivity index (χ0) is 25.5. The highest BCUT2D eigenvalue weighted by Crippen LogP contribution is 2.32. The van der Waals surface area contributed by atoms with Crippen LogP contribution in [0, 0.1) is 0 Å². The van der Waals surface area contributed by atoms with E-state index in [0.717, 1.165) is 10.1 Å². The van der Waals surface area contributed by atoms with Crippen LogP contribution in [0.4, 0.5) is 5.69 Å². The number of aromatic nitrogens is 2. The summed E-state index contributed by atoms with van der Waals surface area (Å²) in [5.74, 6) is 0.440. The summed E-state index contributed by atoms with van der Waals surface area (Å²) in [5.41, 5.74) is 1.13. The van der Waals surface area contributed by atoms with E-state index in [-0.39, 0.29) is 17.2 Å². The lowest BCUT2D eigenvalue weighted by atomic mass is 10.2. The van der Waals surface area contributed by atoms with Crippen molar-refractivity contribution in [1.82, 2.24) is 9.55 Å². The monoisotopic (exact) mass is 527 g/mol. The first kappa shape index (κ1) is 26.2. The number of rotatable bonds is 12. The van der Waals surface area contributed by atoms with Crippen molar-refractivity contribution in [2.75, 3.05) is 31.4 Å². The van der Waals surface area contributed by atoms with Gasteiger partial charge in [0, 0.05) is 36.3 Å². The van der Waals surface area contributed by atoms with Crippen LogP contribution in [0.5, 0.6) is 5.75 Å². The van der Waals surface area contributed by atoms with E-state index in [9.17, 15) is 9.59 Å². The van der Waals surface area contributed by atoms with E-state index in [2.05, 4.69) is 5.32 Å². The topological polar surface area (TPSA) is 91.7 Å². The number of benzene rings is 2. The number of carbonyl (C=O) groups excluding carboxylic acids is 1. The Morgan fingerprint density at radius 1 is 1.11 bits per heavy atom. The maximum atomic E-state index is 13.6. The zero-order valence-corrected chi connectivity index (χ0v) is 22.1. The molecule has 8 nitrogen and oxygen atoms in total. The van der Waals surface area contributed by atoms with E-state index in [1.807, 2.05) is 50.2 Å². The van der Waals surface area contributed by atoms with Gasteiger partial charge in [0.25, 0.3) is 5.56 Å². The van der Waals surface area contributed by atoms with Crippen LogP contribution in [0.1, 0.15) is 20.3 Å². The number of fused-ring (bicyclic) bond motifs is 3. The lowest BCUT2D eigenvalue weighted by Crippen LogP contribution is -2.27. The van der Waals surface area contributed by atoms with Crippen LogP contribution >= 0.6 is 23.1 Å². The number of amides is 1. The molecule has 0 radical (unpaired) electrons. The van der Waals surface area contributed by atoms with Crippen LogP contribution in [-0.4, -0.2) is 47.8 Å². The molecule has 4 rings (SSSR count). The van der Waals surface area contributed by atoms with Gasteiger partial charge in [-0.3, -0.25) is 14.2 Å². The molecule has 0 aliphatic heterocycles. The standard InChI is InChI=1S/C26H29N3O5S2/c1-4-33-22(34-5-2)14-15-29-25(31)24-23(17-10-6-9-13-20(17)36-24)28-26(29)35-16-21(30)27-18-11-7-8-12-19(18)32-3/h6-13,22H,4-5,14-16H2,1-3H3,(H,27,30). The highest BCUT2D eigenvalue weighted by molar-refractivity contribution is 7.99. The molecular weight excluding hydrogens is 498 g/mol. The highest BCUT2D eigenvalue weighted by atomic mass is 32.2. The molecule has 0 fully saturated rings. The predicted molar refractivity (Wildman–Crippen MR) is 145 cm³/mol. The Kier molecular flexibility index (Phi) is 8.98. The summed E-state index contributed by atoms with van der Waals surface area (Å²) < 4.78 is 19.9. The quantitative estimate of drug-likeness (QED) is 0.155. The van der Waals surface area contributed by atoms with Crippen molar-refractivity contribution >= 4 is 55.0 Å². The summed E-state index contributed by atoms with van der Waals surface area (Å²) >= 11 is 2.66. The summed E-state index contributed by atoms with van der Waals surface area (Å²) in [6, 6.07) is 15.1. The predicted octanol–water partition coefficient (Wildman–Crippen LogP) is 5.14. The van der Waals surface area contributed by atoms with Crippen molar-refractivity contribution in [2.24, 2.45) is 0 Å². The Labute approximate surface area is 217 Å². The molecule has 0 bridgehead atoms. The molecule has 0 aliphatic carbocycles. The second kappa shape index (κ2) is 12.4. The van der Waals surface area contributed by atoms with Crippen LogP contribution in [0.2, 0.25) is 0 Å². The molecule has 2 aromatic carbocycles. The second-order valence-corrected chi connectivity index (χ2v) is 9.79. The first-order valence-corrected chi connectivity index (χ1v) is 13.6. The van der Waals surface area contributed by atoms with Gasteiger partial charge in [-0.25, -0.2) is 4.98 Å². The van der Waals surface area contributed by atoms with Crippen LogP contribution < -0.4 is 15.6 Å².